The molecule has 1 amide bonds. The van der Waals surface area contributed by atoms with Crippen molar-refractivity contribution >= 4 is 16.8 Å². The van der Waals surface area contributed by atoms with Gasteiger partial charge in [-0.3, -0.25) is 9.69 Å². The highest BCUT2D eigenvalue weighted by molar-refractivity contribution is 6.07. The van der Waals surface area contributed by atoms with Crippen LogP contribution in [0.4, 0.5) is 8.78 Å². The molecule has 7 heteroatoms. The number of hydrogen-bond acceptors (Lipinski definition) is 4. The lowest BCUT2D eigenvalue weighted by molar-refractivity contribution is 0.0240. The molecule has 34 heavy (non-hydrogen) atoms. The van der Waals surface area contributed by atoms with Crippen molar-refractivity contribution in [3.8, 4) is 11.3 Å². The Morgan fingerprint density at radius 2 is 1.82 bits per heavy atom. The maximum atomic E-state index is 14.0. The quantitative estimate of drug-likeness (QED) is 0.581. The van der Waals surface area contributed by atoms with Crippen molar-refractivity contribution < 1.29 is 13.6 Å². The van der Waals surface area contributed by atoms with Crippen LogP contribution in [0, 0.1) is 11.6 Å². The Labute approximate surface area is 198 Å². The van der Waals surface area contributed by atoms with Crippen LogP contribution < -0.4 is 5.73 Å². The van der Waals surface area contributed by atoms with Crippen LogP contribution in [0.2, 0.25) is 0 Å². The molecular weight excluding hydrogens is 434 g/mol. The number of nitrogens with two attached hydrogens (primary N) is 1. The zero-order chi connectivity index (χ0) is 23.9. The fourth-order valence-electron chi connectivity index (χ4n) is 5.64. The van der Waals surface area contributed by atoms with Gasteiger partial charge in [0, 0.05) is 17.5 Å². The lowest BCUT2D eigenvalue weighted by Gasteiger charge is -2.46. The molecule has 3 aromatic rings. The number of pyridine rings is 1. The van der Waals surface area contributed by atoms with Gasteiger partial charge in [-0.15, -0.1) is 0 Å². The highest BCUT2D eigenvalue weighted by Crippen LogP contribution is 2.35. The van der Waals surface area contributed by atoms with E-state index in [1.54, 1.807) is 6.07 Å². The maximum Gasteiger partial charge on any atom is 0.254 e. The van der Waals surface area contributed by atoms with Gasteiger partial charge >= 0.3 is 0 Å². The van der Waals surface area contributed by atoms with Gasteiger partial charge in [0.15, 0.2) is 11.6 Å². The van der Waals surface area contributed by atoms with Gasteiger partial charge < -0.3 is 10.6 Å². The summed E-state index contributed by atoms with van der Waals surface area (Å²) < 4.78 is 27.5. The molecule has 0 spiro atoms. The Balaban J connectivity index is 1.57. The number of para-hydroxylation sites is 1. The topological polar surface area (TPSA) is 62.5 Å². The molecule has 2 atom stereocenters. The van der Waals surface area contributed by atoms with E-state index in [0.29, 0.717) is 28.9 Å². The Hall–Kier alpha value is -2.90. The van der Waals surface area contributed by atoms with Crippen LogP contribution in [0.1, 0.15) is 49.4 Å². The van der Waals surface area contributed by atoms with E-state index in [9.17, 15) is 13.6 Å². The van der Waals surface area contributed by atoms with Gasteiger partial charge in [-0.1, -0.05) is 25.1 Å². The second kappa shape index (κ2) is 9.04. The summed E-state index contributed by atoms with van der Waals surface area (Å²) in [4.78, 5) is 23.0. The molecule has 1 unspecified atom stereocenters. The summed E-state index contributed by atoms with van der Waals surface area (Å²) in [6.07, 6.45) is 4.80. The molecule has 178 valence electrons. The van der Waals surface area contributed by atoms with Gasteiger partial charge in [0.25, 0.3) is 5.91 Å². The lowest BCUT2D eigenvalue weighted by Crippen LogP contribution is -2.66. The number of hydrogen-bond donors (Lipinski definition) is 1. The molecule has 0 bridgehead atoms. The summed E-state index contributed by atoms with van der Waals surface area (Å²) in [7, 11) is 0. The van der Waals surface area contributed by atoms with Crippen molar-refractivity contribution in [2.45, 2.75) is 50.7 Å². The second-order valence-corrected chi connectivity index (χ2v) is 9.40. The average molecular weight is 465 g/mol. The maximum absolute atomic E-state index is 14.0. The van der Waals surface area contributed by atoms with Crippen LogP contribution in [0.25, 0.3) is 22.2 Å². The van der Waals surface area contributed by atoms with E-state index in [2.05, 4.69) is 16.8 Å². The normalized spacial score (nSPS) is 20.7. The molecule has 0 saturated carbocycles. The van der Waals surface area contributed by atoms with Crippen molar-refractivity contribution in [1.82, 2.24) is 14.8 Å². The van der Waals surface area contributed by atoms with Gasteiger partial charge in [-0.2, -0.15) is 0 Å². The minimum absolute atomic E-state index is 0.0817. The first-order valence-electron chi connectivity index (χ1n) is 12.1. The molecule has 2 fully saturated rings. The van der Waals surface area contributed by atoms with Crippen molar-refractivity contribution in [1.29, 1.82) is 0 Å². The minimum Gasteiger partial charge on any atom is -0.332 e. The highest BCUT2D eigenvalue weighted by Gasteiger charge is 2.46. The van der Waals surface area contributed by atoms with Crippen LogP contribution in [0.5, 0.6) is 0 Å². The first-order chi connectivity index (χ1) is 16.4. The van der Waals surface area contributed by atoms with E-state index in [0.717, 1.165) is 62.7 Å². The number of nitrogens with zero attached hydrogens (tertiary/aromatic N) is 3. The van der Waals surface area contributed by atoms with E-state index < -0.39 is 17.3 Å². The van der Waals surface area contributed by atoms with Gasteiger partial charge in [-0.25, -0.2) is 13.8 Å². The largest absolute Gasteiger partial charge is 0.332 e. The van der Waals surface area contributed by atoms with E-state index in [4.69, 9.17) is 5.73 Å². The van der Waals surface area contributed by atoms with Gasteiger partial charge in [0.2, 0.25) is 0 Å². The fraction of sp³-hybridized carbons (Fsp3) is 0.407. The number of halogens is 2. The van der Waals surface area contributed by atoms with Gasteiger partial charge in [0.1, 0.15) is 0 Å². The van der Waals surface area contributed by atoms with Crippen LogP contribution in [0.15, 0.2) is 48.5 Å². The third-order valence-corrected chi connectivity index (χ3v) is 7.51. The Morgan fingerprint density at radius 3 is 2.56 bits per heavy atom. The molecule has 2 saturated heterocycles. The molecule has 2 aliphatic heterocycles. The number of rotatable bonds is 5. The van der Waals surface area contributed by atoms with E-state index in [1.165, 1.54) is 6.07 Å². The zero-order valence-electron chi connectivity index (χ0n) is 19.4. The predicted octanol–water partition coefficient (Wildman–Crippen LogP) is 4.95. The number of amides is 1. The standard InChI is InChI=1S/C27H30F2N4O/c1-2-27(30,32-13-5-6-14-32)25-10-7-15-33(25)26(34)20-17-24(18-11-12-21(28)22(29)16-18)31-23-9-4-3-8-19(20)23/h3-4,8-9,11-12,16-17,25H,2,5-7,10,13-15,30H2,1H3/t25-,27?/m0/s1. The van der Waals surface area contributed by atoms with Crippen LogP contribution in [0.3, 0.4) is 0 Å². The molecule has 0 aliphatic carbocycles. The SMILES string of the molecule is CCC(N)([C@@H]1CCCN1C(=O)c1cc(-c2ccc(F)c(F)c2)nc2ccccc12)N1CCCC1. The summed E-state index contributed by atoms with van der Waals surface area (Å²) >= 11 is 0. The Morgan fingerprint density at radius 1 is 1.06 bits per heavy atom. The summed E-state index contributed by atoms with van der Waals surface area (Å²) in [6.45, 7) is 4.67. The van der Waals surface area contributed by atoms with Crippen molar-refractivity contribution in [3.63, 3.8) is 0 Å². The number of carbonyl (C=O) groups is 1. The van der Waals surface area contributed by atoms with Crippen LogP contribution in [-0.2, 0) is 0 Å². The summed E-state index contributed by atoms with van der Waals surface area (Å²) in [6, 6.07) is 12.8. The number of benzene rings is 2. The third kappa shape index (κ3) is 3.87. The number of carbonyl (C=O) groups excluding carboxylic acids is 1. The molecule has 2 aromatic carbocycles. The average Bonchev–Trinajstić information content (AvgIpc) is 3.57. The molecule has 2 aliphatic rings. The van der Waals surface area contributed by atoms with Gasteiger partial charge in [-0.05, 0) is 75.5 Å². The van der Waals surface area contributed by atoms with Crippen LogP contribution >= 0.6 is 0 Å². The summed E-state index contributed by atoms with van der Waals surface area (Å²) in [5.41, 5.74) is 8.47. The highest BCUT2D eigenvalue weighted by atomic mass is 19.2. The smallest absolute Gasteiger partial charge is 0.254 e. The van der Waals surface area contributed by atoms with E-state index >= 15 is 0 Å². The summed E-state index contributed by atoms with van der Waals surface area (Å²) in [5.74, 6) is -1.95. The van der Waals surface area contributed by atoms with Crippen molar-refractivity contribution in [3.05, 3.63) is 65.7 Å². The number of likely N-dealkylation sites (tertiary alicyclic amines) is 2. The van der Waals surface area contributed by atoms with E-state index in [-0.39, 0.29) is 11.9 Å². The zero-order valence-corrected chi connectivity index (χ0v) is 19.4. The summed E-state index contributed by atoms with van der Waals surface area (Å²) in [5, 5.41) is 0.741. The molecule has 5 rings (SSSR count). The third-order valence-electron chi connectivity index (χ3n) is 7.51. The Bertz CT molecular complexity index is 1230. The first-order valence-corrected chi connectivity index (χ1v) is 12.1. The fourth-order valence-corrected chi connectivity index (χ4v) is 5.64. The minimum atomic E-state index is -0.943. The van der Waals surface area contributed by atoms with Crippen LogP contribution in [-0.4, -0.2) is 52.0 Å². The first kappa shape index (κ1) is 22.9. The van der Waals surface area contributed by atoms with Crippen molar-refractivity contribution in [2.75, 3.05) is 19.6 Å². The monoisotopic (exact) mass is 464 g/mol. The number of aromatic nitrogens is 1. The molecule has 0 radical (unpaired) electrons. The molecule has 3 heterocycles. The Kier molecular flexibility index (Phi) is 6.08. The van der Waals surface area contributed by atoms with Crippen molar-refractivity contribution in [2.24, 2.45) is 5.73 Å². The molecule has 5 nitrogen and oxygen atoms in total. The lowest BCUT2D eigenvalue weighted by atomic mass is 9.93. The molecular formula is C27H30F2N4O. The predicted molar refractivity (Wildman–Crippen MR) is 129 cm³/mol. The number of fused-ring (bicyclic) bond motifs is 1. The molecule has 1 aromatic heterocycles. The van der Waals surface area contributed by atoms with Gasteiger partial charge in [0.05, 0.1) is 28.5 Å². The molecule has 2 N–H and O–H groups in total. The second-order valence-electron chi connectivity index (χ2n) is 9.40. The van der Waals surface area contributed by atoms with E-state index in [1.807, 2.05) is 29.2 Å².